The van der Waals surface area contributed by atoms with E-state index in [0.717, 1.165) is 24.0 Å². The van der Waals surface area contributed by atoms with Crippen LogP contribution in [0, 0.1) is 12.7 Å². The predicted molar refractivity (Wildman–Crippen MR) is 99.8 cm³/mol. The van der Waals surface area contributed by atoms with Crippen LogP contribution in [0.2, 0.25) is 5.15 Å². The standard InChI is InChI=1S/C12H13N5O.C6H5ClFN/c18-10-3-1-2-8-17(10)12-14-11(15-16-12)9-4-6-13-7-5-9;1-4-2-5(8)6(7)9-3-4/h4-7H,1-3,8H2,(H,14,15,16);2-3H,1H3. The molecule has 27 heavy (non-hydrogen) atoms. The van der Waals surface area contributed by atoms with Crippen LogP contribution < -0.4 is 4.90 Å². The molecule has 0 spiro atoms. The average Bonchev–Trinajstić information content (AvgIpc) is 3.17. The summed E-state index contributed by atoms with van der Waals surface area (Å²) in [6, 6.07) is 5.04. The van der Waals surface area contributed by atoms with Gasteiger partial charge >= 0.3 is 0 Å². The van der Waals surface area contributed by atoms with Gasteiger partial charge in [0.05, 0.1) is 0 Å². The molecule has 0 unspecified atom stereocenters. The number of amides is 1. The van der Waals surface area contributed by atoms with Crippen molar-refractivity contribution in [3.63, 3.8) is 0 Å². The van der Waals surface area contributed by atoms with Gasteiger partial charge in [0, 0.05) is 37.1 Å². The Morgan fingerprint density at radius 3 is 2.70 bits per heavy atom. The highest BCUT2D eigenvalue weighted by atomic mass is 35.5. The lowest BCUT2D eigenvalue weighted by Crippen LogP contribution is -2.35. The van der Waals surface area contributed by atoms with Crippen molar-refractivity contribution in [3.8, 4) is 11.4 Å². The molecule has 4 rings (SSSR count). The van der Waals surface area contributed by atoms with Gasteiger partial charge in [-0.05, 0) is 43.5 Å². The third-order valence-corrected chi connectivity index (χ3v) is 4.20. The van der Waals surface area contributed by atoms with Crippen molar-refractivity contribution in [2.45, 2.75) is 26.2 Å². The Bertz CT molecular complexity index is 917. The van der Waals surface area contributed by atoms with E-state index in [-0.39, 0.29) is 11.1 Å². The lowest BCUT2D eigenvalue weighted by atomic mass is 10.1. The molecule has 140 valence electrons. The summed E-state index contributed by atoms with van der Waals surface area (Å²) in [6.07, 6.45) is 7.46. The minimum atomic E-state index is -0.461. The summed E-state index contributed by atoms with van der Waals surface area (Å²) in [6.45, 7) is 2.46. The van der Waals surface area contributed by atoms with Crippen LogP contribution >= 0.6 is 11.6 Å². The van der Waals surface area contributed by atoms with Crippen molar-refractivity contribution in [2.24, 2.45) is 0 Å². The van der Waals surface area contributed by atoms with E-state index in [1.54, 1.807) is 24.2 Å². The van der Waals surface area contributed by atoms with Crippen LogP contribution in [0.15, 0.2) is 36.8 Å². The molecule has 0 atom stereocenters. The average molecular weight is 389 g/mol. The van der Waals surface area contributed by atoms with Crippen molar-refractivity contribution in [1.29, 1.82) is 0 Å². The van der Waals surface area contributed by atoms with E-state index in [1.807, 2.05) is 12.1 Å². The van der Waals surface area contributed by atoms with Crippen LogP contribution in [0.5, 0.6) is 0 Å². The summed E-state index contributed by atoms with van der Waals surface area (Å²) in [4.78, 5) is 25.3. The maximum atomic E-state index is 12.4. The fourth-order valence-electron chi connectivity index (χ4n) is 2.55. The Hall–Kier alpha value is -2.87. The van der Waals surface area contributed by atoms with Crippen LogP contribution in [-0.2, 0) is 4.79 Å². The number of piperidine rings is 1. The SMILES string of the molecule is Cc1cnc(Cl)c(F)c1.O=C1CCCCN1c1n[nH]c(-c2ccncc2)n1. The molecule has 0 saturated carbocycles. The number of H-pyrrole nitrogens is 1. The first-order valence-electron chi connectivity index (χ1n) is 8.45. The van der Waals surface area contributed by atoms with E-state index in [2.05, 4.69) is 25.1 Å². The van der Waals surface area contributed by atoms with Gasteiger partial charge in [-0.3, -0.25) is 19.8 Å². The Morgan fingerprint density at radius 2 is 2.04 bits per heavy atom. The molecule has 0 bridgehead atoms. The van der Waals surface area contributed by atoms with Gasteiger partial charge in [0.1, 0.15) is 0 Å². The van der Waals surface area contributed by atoms with Crippen molar-refractivity contribution in [1.82, 2.24) is 25.1 Å². The molecule has 1 aliphatic rings. The van der Waals surface area contributed by atoms with Gasteiger partial charge in [0.25, 0.3) is 5.95 Å². The lowest BCUT2D eigenvalue weighted by molar-refractivity contribution is -0.119. The second-order valence-corrected chi connectivity index (χ2v) is 6.37. The van der Waals surface area contributed by atoms with Crippen LogP contribution in [0.4, 0.5) is 10.3 Å². The number of aryl methyl sites for hydroxylation is 1. The molecular weight excluding hydrogens is 371 g/mol. The third kappa shape index (κ3) is 4.85. The van der Waals surface area contributed by atoms with E-state index >= 15 is 0 Å². The molecule has 4 heterocycles. The van der Waals surface area contributed by atoms with Crippen LogP contribution in [-0.4, -0.2) is 37.6 Å². The van der Waals surface area contributed by atoms with E-state index in [9.17, 15) is 9.18 Å². The zero-order chi connectivity index (χ0) is 19.2. The molecule has 0 aliphatic carbocycles. The molecule has 3 aromatic rings. The van der Waals surface area contributed by atoms with Crippen LogP contribution in [0.25, 0.3) is 11.4 Å². The lowest BCUT2D eigenvalue weighted by Gasteiger charge is -2.22. The molecule has 1 saturated heterocycles. The number of carbonyl (C=O) groups is 1. The number of anilines is 1. The number of pyridine rings is 2. The molecule has 9 heteroatoms. The zero-order valence-electron chi connectivity index (χ0n) is 14.7. The second kappa shape index (κ2) is 8.68. The van der Waals surface area contributed by atoms with E-state index < -0.39 is 5.82 Å². The summed E-state index contributed by atoms with van der Waals surface area (Å²) in [5.74, 6) is 0.760. The Kier molecular flexibility index (Phi) is 6.08. The summed E-state index contributed by atoms with van der Waals surface area (Å²) in [7, 11) is 0. The molecule has 1 fully saturated rings. The van der Waals surface area contributed by atoms with Gasteiger partial charge in [-0.2, -0.15) is 4.98 Å². The van der Waals surface area contributed by atoms with Gasteiger partial charge in [0.15, 0.2) is 16.8 Å². The van der Waals surface area contributed by atoms with Gasteiger partial charge < -0.3 is 0 Å². The molecule has 1 amide bonds. The number of halogens is 2. The minimum Gasteiger partial charge on any atom is -0.279 e. The fraction of sp³-hybridized carbons (Fsp3) is 0.278. The Morgan fingerprint density at radius 1 is 1.26 bits per heavy atom. The maximum absolute atomic E-state index is 12.4. The molecule has 1 N–H and O–H groups in total. The number of nitrogens with one attached hydrogen (secondary N) is 1. The number of aromatic nitrogens is 5. The quantitative estimate of drug-likeness (QED) is 0.678. The number of rotatable bonds is 2. The van der Waals surface area contributed by atoms with Gasteiger partial charge in [-0.1, -0.05) is 11.6 Å². The van der Waals surface area contributed by atoms with E-state index in [1.165, 1.54) is 12.3 Å². The second-order valence-electron chi connectivity index (χ2n) is 6.01. The van der Waals surface area contributed by atoms with Gasteiger partial charge in [0.2, 0.25) is 5.91 Å². The number of carbonyl (C=O) groups excluding carboxylic acids is 1. The summed E-state index contributed by atoms with van der Waals surface area (Å²) in [5, 5.41) is 6.90. The molecular formula is C18H18ClFN6O. The predicted octanol–water partition coefficient (Wildman–Crippen LogP) is 3.57. The Balaban J connectivity index is 0.000000197. The molecule has 0 radical (unpaired) electrons. The van der Waals surface area contributed by atoms with Crippen molar-refractivity contribution >= 4 is 23.5 Å². The summed E-state index contributed by atoms with van der Waals surface area (Å²) >= 11 is 5.29. The fourth-order valence-corrected chi connectivity index (χ4v) is 2.65. The highest BCUT2D eigenvalue weighted by molar-refractivity contribution is 6.29. The third-order valence-electron chi connectivity index (χ3n) is 3.93. The molecule has 0 aromatic carbocycles. The number of nitrogens with zero attached hydrogens (tertiary/aromatic N) is 5. The van der Waals surface area contributed by atoms with Crippen LogP contribution in [0.3, 0.4) is 0 Å². The zero-order valence-corrected chi connectivity index (χ0v) is 15.4. The van der Waals surface area contributed by atoms with Crippen LogP contribution in [0.1, 0.15) is 24.8 Å². The normalized spacial score (nSPS) is 13.9. The minimum absolute atomic E-state index is 0.0689. The van der Waals surface area contributed by atoms with Crippen molar-refractivity contribution in [3.05, 3.63) is 53.3 Å². The topological polar surface area (TPSA) is 87.7 Å². The number of hydrogen-bond donors (Lipinski definition) is 1. The highest BCUT2D eigenvalue weighted by Crippen LogP contribution is 2.20. The maximum Gasteiger partial charge on any atom is 0.251 e. The number of aromatic amines is 1. The van der Waals surface area contributed by atoms with Gasteiger partial charge in [-0.25, -0.2) is 9.37 Å². The first-order valence-corrected chi connectivity index (χ1v) is 8.83. The first kappa shape index (κ1) is 18.9. The largest absolute Gasteiger partial charge is 0.279 e. The van der Waals surface area contributed by atoms with E-state index in [0.29, 0.717) is 24.7 Å². The first-order chi connectivity index (χ1) is 13.0. The molecule has 7 nitrogen and oxygen atoms in total. The summed E-state index contributed by atoms with van der Waals surface area (Å²) < 4.78 is 12.4. The highest BCUT2D eigenvalue weighted by Gasteiger charge is 2.23. The van der Waals surface area contributed by atoms with Crippen molar-refractivity contribution in [2.75, 3.05) is 11.4 Å². The van der Waals surface area contributed by atoms with E-state index in [4.69, 9.17) is 11.6 Å². The summed E-state index contributed by atoms with van der Waals surface area (Å²) in [5.41, 5.74) is 1.69. The number of hydrogen-bond acceptors (Lipinski definition) is 5. The molecule has 1 aliphatic heterocycles. The smallest absolute Gasteiger partial charge is 0.251 e. The monoisotopic (exact) mass is 388 g/mol. The van der Waals surface area contributed by atoms with Crippen molar-refractivity contribution < 1.29 is 9.18 Å². The van der Waals surface area contributed by atoms with Gasteiger partial charge in [-0.15, -0.1) is 5.10 Å². The Labute approximate surface area is 160 Å². The molecule has 3 aromatic heterocycles.